The van der Waals surface area contributed by atoms with Gasteiger partial charge in [-0.05, 0) is 13.8 Å². The zero-order valence-electron chi connectivity index (χ0n) is 7.50. The van der Waals surface area contributed by atoms with E-state index in [1.807, 2.05) is 0 Å². The number of nitrogens with zero attached hydrogens (tertiary/aromatic N) is 1. The number of H-pyrrole nitrogens is 1. The largest absolute Gasteiger partial charge is 0.447 e. The third kappa shape index (κ3) is 2.66. The summed E-state index contributed by atoms with van der Waals surface area (Å²) in [5.74, 6) is 0.352. The Hall–Kier alpha value is -1.72. The summed E-state index contributed by atoms with van der Waals surface area (Å²) in [7, 11) is 0. The van der Waals surface area contributed by atoms with Crippen molar-refractivity contribution in [3.63, 3.8) is 0 Å². The minimum absolute atomic E-state index is 0.163. The summed E-state index contributed by atoms with van der Waals surface area (Å²) >= 11 is 0. The van der Waals surface area contributed by atoms with Crippen molar-refractivity contribution in [2.24, 2.45) is 0 Å². The van der Waals surface area contributed by atoms with Crippen molar-refractivity contribution >= 4 is 17.6 Å². The Bertz CT molecular complexity index is 294. The Morgan fingerprint density at radius 3 is 2.92 bits per heavy atom. The summed E-state index contributed by atoms with van der Waals surface area (Å²) in [4.78, 5) is 11.0. The second-order valence-corrected chi connectivity index (χ2v) is 2.78. The van der Waals surface area contributed by atoms with Crippen molar-refractivity contribution < 1.29 is 9.53 Å². The molecule has 1 aromatic rings. The van der Waals surface area contributed by atoms with Gasteiger partial charge >= 0.3 is 6.09 Å². The fraction of sp³-hybridized carbons (Fsp3) is 0.429. The van der Waals surface area contributed by atoms with Crippen LogP contribution in [0.1, 0.15) is 13.8 Å². The highest BCUT2D eigenvalue weighted by molar-refractivity contribution is 5.86. The van der Waals surface area contributed by atoms with E-state index in [1.165, 1.54) is 6.20 Å². The lowest BCUT2D eigenvalue weighted by molar-refractivity contribution is 0.130. The molecule has 0 saturated carbocycles. The normalized spacial score (nSPS) is 10.1. The number of hydrogen-bond acceptors (Lipinski definition) is 4. The maximum Gasteiger partial charge on any atom is 0.413 e. The van der Waals surface area contributed by atoms with Crippen LogP contribution >= 0.6 is 0 Å². The van der Waals surface area contributed by atoms with Crippen LogP contribution in [-0.4, -0.2) is 22.4 Å². The summed E-state index contributed by atoms with van der Waals surface area (Å²) in [5, 5.41) is 8.57. The van der Waals surface area contributed by atoms with Gasteiger partial charge in [0.15, 0.2) is 5.82 Å². The predicted molar refractivity (Wildman–Crippen MR) is 48.2 cm³/mol. The van der Waals surface area contributed by atoms with Gasteiger partial charge in [-0.15, -0.1) is 0 Å². The van der Waals surface area contributed by atoms with Crippen molar-refractivity contribution in [2.75, 3.05) is 11.1 Å². The van der Waals surface area contributed by atoms with Crippen LogP contribution in [-0.2, 0) is 4.74 Å². The molecule has 0 aliphatic rings. The molecule has 0 fully saturated rings. The van der Waals surface area contributed by atoms with Gasteiger partial charge in [0, 0.05) is 0 Å². The number of anilines is 2. The van der Waals surface area contributed by atoms with Crippen LogP contribution < -0.4 is 11.1 Å². The molecule has 72 valence electrons. The number of nitrogens with one attached hydrogen (secondary N) is 2. The van der Waals surface area contributed by atoms with Crippen molar-refractivity contribution in [3.05, 3.63) is 6.20 Å². The van der Waals surface area contributed by atoms with E-state index in [4.69, 9.17) is 10.5 Å². The van der Waals surface area contributed by atoms with E-state index in [9.17, 15) is 4.79 Å². The van der Waals surface area contributed by atoms with Gasteiger partial charge in [-0.3, -0.25) is 10.4 Å². The van der Waals surface area contributed by atoms with Crippen molar-refractivity contribution in [1.29, 1.82) is 0 Å². The maximum absolute atomic E-state index is 11.0. The molecule has 1 aromatic heterocycles. The minimum atomic E-state index is -0.550. The first-order chi connectivity index (χ1) is 6.09. The summed E-state index contributed by atoms with van der Waals surface area (Å²) in [6.07, 6.45) is 0.695. The van der Waals surface area contributed by atoms with E-state index >= 15 is 0 Å². The zero-order chi connectivity index (χ0) is 9.84. The van der Waals surface area contributed by atoms with Crippen LogP contribution in [0, 0.1) is 0 Å². The number of rotatable bonds is 2. The van der Waals surface area contributed by atoms with E-state index in [0.29, 0.717) is 11.5 Å². The summed E-state index contributed by atoms with van der Waals surface area (Å²) < 4.78 is 4.83. The molecule has 0 spiro atoms. The highest BCUT2D eigenvalue weighted by atomic mass is 16.6. The van der Waals surface area contributed by atoms with Crippen LogP contribution in [0.5, 0.6) is 0 Å². The molecule has 1 heterocycles. The van der Waals surface area contributed by atoms with Gasteiger partial charge < -0.3 is 10.5 Å². The molecule has 0 aliphatic carbocycles. The van der Waals surface area contributed by atoms with Crippen molar-refractivity contribution in [3.8, 4) is 0 Å². The third-order valence-electron chi connectivity index (χ3n) is 1.24. The lowest BCUT2D eigenvalue weighted by Crippen LogP contribution is -2.18. The molecule has 0 saturated heterocycles. The highest BCUT2D eigenvalue weighted by Gasteiger charge is 2.08. The average Bonchev–Trinajstić information content (AvgIpc) is 2.34. The molecule has 0 unspecified atom stereocenters. The molecule has 4 N–H and O–H groups in total. The first-order valence-electron chi connectivity index (χ1n) is 3.86. The molecule has 6 nitrogen and oxygen atoms in total. The second kappa shape index (κ2) is 3.79. The number of aromatic nitrogens is 2. The molecule has 1 rings (SSSR count). The number of hydrogen-bond donors (Lipinski definition) is 3. The molecular weight excluding hydrogens is 172 g/mol. The van der Waals surface area contributed by atoms with E-state index in [1.54, 1.807) is 13.8 Å². The summed E-state index contributed by atoms with van der Waals surface area (Å²) in [6.45, 7) is 3.52. The van der Waals surface area contributed by atoms with Crippen LogP contribution in [0.15, 0.2) is 6.20 Å². The molecule has 0 atom stereocenters. The summed E-state index contributed by atoms with van der Waals surface area (Å²) in [6, 6.07) is 0. The number of amides is 1. The van der Waals surface area contributed by atoms with Gasteiger partial charge in [-0.2, -0.15) is 5.10 Å². The molecule has 6 heteroatoms. The fourth-order valence-electron chi connectivity index (χ4n) is 0.741. The Morgan fingerprint density at radius 2 is 2.46 bits per heavy atom. The molecular formula is C7H12N4O2. The zero-order valence-corrected chi connectivity index (χ0v) is 7.50. The average molecular weight is 184 g/mol. The van der Waals surface area contributed by atoms with Gasteiger partial charge in [0.2, 0.25) is 0 Å². The number of aromatic amines is 1. The second-order valence-electron chi connectivity index (χ2n) is 2.78. The summed E-state index contributed by atoms with van der Waals surface area (Å²) in [5.41, 5.74) is 5.83. The van der Waals surface area contributed by atoms with Crippen molar-refractivity contribution in [2.45, 2.75) is 20.0 Å². The molecule has 0 aliphatic heterocycles. The Balaban J connectivity index is 2.50. The first kappa shape index (κ1) is 9.37. The number of carbonyl (C=O) groups is 1. The minimum Gasteiger partial charge on any atom is -0.447 e. The number of nitrogen functional groups attached to an aromatic ring is 1. The van der Waals surface area contributed by atoms with E-state index in [2.05, 4.69) is 15.5 Å². The smallest absolute Gasteiger partial charge is 0.413 e. The topological polar surface area (TPSA) is 93.0 Å². The standard InChI is InChI=1S/C7H12N4O2/c1-4(2)13-7(12)10-6-5(8)3-9-11-6/h3-4H,8H2,1-2H3,(H2,9,10,11,12). The van der Waals surface area contributed by atoms with Crippen LogP contribution in [0.25, 0.3) is 0 Å². The SMILES string of the molecule is CC(C)OC(=O)Nc1[nH]ncc1N. The lowest BCUT2D eigenvalue weighted by Gasteiger charge is -2.08. The molecule has 1 amide bonds. The maximum atomic E-state index is 11.0. The molecule has 0 radical (unpaired) electrons. The van der Waals surface area contributed by atoms with Crippen LogP contribution in [0.4, 0.5) is 16.3 Å². The van der Waals surface area contributed by atoms with Gasteiger partial charge in [0.05, 0.1) is 18.0 Å². The van der Waals surface area contributed by atoms with E-state index < -0.39 is 6.09 Å². The van der Waals surface area contributed by atoms with Gasteiger partial charge in [0.25, 0.3) is 0 Å². The Morgan fingerprint density at radius 1 is 1.77 bits per heavy atom. The fourth-order valence-corrected chi connectivity index (χ4v) is 0.741. The van der Waals surface area contributed by atoms with Crippen molar-refractivity contribution in [1.82, 2.24) is 10.2 Å². The third-order valence-corrected chi connectivity index (χ3v) is 1.24. The number of ether oxygens (including phenoxy) is 1. The molecule has 0 aromatic carbocycles. The first-order valence-corrected chi connectivity index (χ1v) is 3.86. The monoisotopic (exact) mass is 184 g/mol. The van der Waals surface area contributed by atoms with E-state index in [0.717, 1.165) is 0 Å². The van der Waals surface area contributed by atoms with E-state index in [-0.39, 0.29) is 6.10 Å². The number of carbonyl (C=O) groups excluding carboxylic acids is 1. The highest BCUT2D eigenvalue weighted by Crippen LogP contribution is 2.12. The van der Waals surface area contributed by atoms with Gasteiger partial charge in [-0.1, -0.05) is 0 Å². The molecule has 13 heavy (non-hydrogen) atoms. The number of nitrogens with two attached hydrogens (primary N) is 1. The van der Waals surface area contributed by atoms with Gasteiger partial charge in [0.1, 0.15) is 0 Å². The quantitative estimate of drug-likeness (QED) is 0.637. The van der Waals surface area contributed by atoms with Crippen LogP contribution in [0.2, 0.25) is 0 Å². The predicted octanol–water partition coefficient (Wildman–Crippen LogP) is 0.949. The molecule has 0 bridgehead atoms. The van der Waals surface area contributed by atoms with Gasteiger partial charge in [-0.25, -0.2) is 4.79 Å². The lowest BCUT2D eigenvalue weighted by atomic mass is 10.5. The Kier molecular flexibility index (Phi) is 2.73. The van der Waals surface area contributed by atoms with Crippen LogP contribution in [0.3, 0.4) is 0 Å². The Labute approximate surface area is 75.5 Å².